The number of nitrogens with one attached hydrogen (secondary N) is 1. The van der Waals surface area contributed by atoms with E-state index in [1.54, 1.807) is 4.90 Å². The Bertz CT molecular complexity index is 1070. The molecule has 2 heterocycles. The summed E-state index contributed by atoms with van der Waals surface area (Å²) in [5.74, 6) is -1.37. The second-order valence-corrected chi connectivity index (χ2v) is 8.42. The number of aryl methyl sites for hydroxylation is 1. The topological polar surface area (TPSA) is 58.6 Å². The molecule has 4 rings (SSSR count). The zero-order valence-electron chi connectivity index (χ0n) is 18.2. The summed E-state index contributed by atoms with van der Waals surface area (Å²) in [5.41, 5.74) is 4.68. The first kappa shape index (κ1) is 22.9. The molecule has 0 bridgehead atoms. The average molecular weight is 458 g/mol. The first-order valence-electron chi connectivity index (χ1n) is 10.9. The Balaban J connectivity index is 1.46. The van der Waals surface area contributed by atoms with Crippen molar-refractivity contribution in [1.82, 2.24) is 10.2 Å². The van der Waals surface area contributed by atoms with Gasteiger partial charge in [0.2, 0.25) is 5.91 Å². The molecule has 2 aliphatic rings. The fourth-order valence-corrected chi connectivity index (χ4v) is 4.12. The van der Waals surface area contributed by atoms with Crippen molar-refractivity contribution in [3.63, 3.8) is 0 Å². The van der Waals surface area contributed by atoms with Crippen molar-refractivity contribution in [2.45, 2.75) is 38.4 Å². The van der Waals surface area contributed by atoms with Crippen molar-refractivity contribution in [2.75, 3.05) is 19.7 Å². The van der Waals surface area contributed by atoms with Gasteiger partial charge < -0.3 is 15.0 Å². The van der Waals surface area contributed by atoms with Gasteiger partial charge in [0.05, 0.1) is 6.61 Å². The third-order valence-electron chi connectivity index (χ3n) is 6.00. The van der Waals surface area contributed by atoms with Gasteiger partial charge in [-0.1, -0.05) is 35.9 Å². The van der Waals surface area contributed by atoms with Crippen LogP contribution in [0.3, 0.4) is 0 Å². The molecule has 1 fully saturated rings. The van der Waals surface area contributed by atoms with E-state index in [0.29, 0.717) is 24.4 Å². The number of alkyl halides is 3. The van der Waals surface area contributed by atoms with Crippen LogP contribution in [-0.2, 0) is 9.59 Å². The summed E-state index contributed by atoms with van der Waals surface area (Å²) in [7, 11) is 0. The van der Waals surface area contributed by atoms with Crippen LogP contribution in [-0.4, -0.2) is 48.6 Å². The smallest absolute Gasteiger partial charge is 0.471 e. The van der Waals surface area contributed by atoms with E-state index in [9.17, 15) is 22.8 Å². The second kappa shape index (κ2) is 9.29. The first-order valence-corrected chi connectivity index (χ1v) is 10.9. The van der Waals surface area contributed by atoms with Gasteiger partial charge in [-0.25, -0.2) is 0 Å². The third-order valence-corrected chi connectivity index (χ3v) is 6.00. The Morgan fingerprint density at radius 3 is 2.36 bits per heavy atom. The molecular weight excluding hydrogens is 433 g/mol. The number of rotatable bonds is 3. The molecule has 1 N–H and O–H groups in total. The maximum atomic E-state index is 13.1. The van der Waals surface area contributed by atoms with Gasteiger partial charge in [-0.15, -0.1) is 0 Å². The number of carbonyl (C=O) groups is 2. The predicted octanol–water partition coefficient (Wildman–Crippen LogP) is 4.50. The zero-order chi connectivity index (χ0) is 23.6. The highest BCUT2D eigenvalue weighted by molar-refractivity contribution is 5.98. The first-order chi connectivity index (χ1) is 15.7. The second-order valence-electron chi connectivity index (χ2n) is 8.42. The van der Waals surface area contributed by atoms with E-state index in [1.165, 1.54) is 5.56 Å². The van der Waals surface area contributed by atoms with Crippen LogP contribution in [0.4, 0.5) is 13.2 Å². The van der Waals surface area contributed by atoms with Crippen LogP contribution in [0, 0.1) is 6.92 Å². The zero-order valence-corrected chi connectivity index (χ0v) is 18.2. The number of piperidine rings is 1. The van der Waals surface area contributed by atoms with Crippen LogP contribution < -0.4 is 10.1 Å². The van der Waals surface area contributed by atoms with Crippen molar-refractivity contribution >= 4 is 17.9 Å². The Labute approximate surface area is 190 Å². The maximum Gasteiger partial charge on any atom is 0.471 e. The Kier molecular flexibility index (Phi) is 6.44. The van der Waals surface area contributed by atoms with Gasteiger partial charge >= 0.3 is 12.1 Å². The lowest BCUT2D eigenvalue weighted by Crippen LogP contribution is -2.49. The lowest BCUT2D eigenvalue weighted by molar-refractivity contribution is -0.174. The highest BCUT2D eigenvalue weighted by Crippen LogP contribution is 2.32. The number of nitrogens with zero attached hydrogens (tertiary/aromatic N) is 1. The molecule has 0 saturated carbocycles. The van der Waals surface area contributed by atoms with Gasteiger partial charge in [0.15, 0.2) is 0 Å². The van der Waals surface area contributed by atoms with E-state index in [4.69, 9.17) is 4.74 Å². The quantitative estimate of drug-likeness (QED) is 0.737. The lowest BCUT2D eigenvalue weighted by Gasteiger charge is -2.33. The van der Waals surface area contributed by atoms with Crippen LogP contribution in [0.1, 0.15) is 30.4 Å². The summed E-state index contributed by atoms with van der Waals surface area (Å²) in [5, 5.41) is 2.01. The maximum absolute atomic E-state index is 13.1. The molecule has 5 nitrogen and oxygen atoms in total. The number of amides is 2. The highest BCUT2D eigenvalue weighted by Gasteiger charge is 2.40. The number of benzene rings is 2. The van der Waals surface area contributed by atoms with Crippen LogP contribution >= 0.6 is 0 Å². The number of carbonyl (C=O) groups excluding carboxylic acids is 2. The Morgan fingerprint density at radius 1 is 1.03 bits per heavy atom. The van der Waals surface area contributed by atoms with E-state index < -0.39 is 18.1 Å². The van der Waals surface area contributed by atoms with Crippen LogP contribution in [0.5, 0.6) is 5.75 Å². The van der Waals surface area contributed by atoms with Crippen molar-refractivity contribution < 1.29 is 27.5 Å². The summed E-state index contributed by atoms with van der Waals surface area (Å²) in [6.45, 7) is 2.97. The normalized spacial score (nSPS) is 16.8. The van der Waals surface area contributed by atoms with E-state index in [0.717, 1.165) is 16.7 Å². The molecule has 1 saturated heterocycles. The van der Waals surface area contributed by atoms with Gasteiger partial charge in [0.1, 0.15) is 5.75 Å². The SMILES string of the molecule is Cc1ccc(-c2ccc3c(c2)C=C(C(=O)N2CCC(NC(=O)C(F)(F)F)CC2)CCO3)cc1. The molecule has 2 aromatic carbocycles. The van der Waals surface area contributed by atoms with Gasteiger partial charge in [-0.2, -0.15) is 13.2 Å². The number of fused-ring (bicyclic) bond motifs is 1. The van der Waals surface area contributed by atoms with Crippen molar-refractivity contribution in [2.24, 2.45) is 0 Å². The summed E-state index contributed by atoms with van der Waals surface area (Å²) >= 11 is 0. The average Bonchev–Trinajstić information content (AvgIpc) is 3.01. The van der Waals surface area contributed by atoms with Crippen molar-refractivity contribution in [1.29, 1.82) is 0 Å². The predicted molar refractivity (Wildman–Crippen MR) is 119 cm³/mol. The minimum atomic E-state index is -4.90. The van der Waals surface area contributed by atoms with Gasteiger partial charge in [-0.3, -0.25) is 9.59 Å². The molecule has 2 aliphatic heterocycles. The highest BCUT2D eigenvalue weighted by atomic mass is 19.4. The number of halogens is 3. The summed E-state index contributed by atoms with van der Waals surface area (Å²) in [6, 6.07) is 13.5. The van der Waals surface area contributed by atoms with Gasteiger partial charge in [0.25, 0.3) is 0 Å². The fourth-order valence-electron chi connectivity index (χ4n) is 4.12. The summed E-state index contributed by atoms with van der Waals surface area (Å²) in [6.07, 6.45) is -2.04. The molecule has 174 valence electrons. The molecule has 0 aromatic heterocycles. The number of likely N-dealkylation sites (tertiary alicyclic amines) is 1. The van der Waals surface area contributed by atoms with Crippen molar-refractivity contribution in [3.05, 3.63) is 59.2 Å². The molecule has 33 heavy (non-hydrogen) atoms. The van der Waals surface area contributed by atoms with Crippen molar-refractivity contribution in [3.8, 4) is 16.9 Å². The molecule has 2 amide bonds. The molecule has 0 aliphatic carbocycles. The molecule has 2 aromatic rings. The monoisotopic (exact) mass is 458 g/mol. The minimum absolute atomic E-state index is 0.146. The van der Waals surface area contributed by atoms with E-state index in [-0.39, 0.29) is 31.8 Å². The largest absolute Gasteiger partial charge is 0.493 e. The number of hydrogen-bond donors (Lipinski definition) is 1. The van der Waals surface area contributed by atoms with E-state index in [2.05, 4.69) is 0 Å². The van der Waals surface area contributed by atoms with Crippen LogP contribution in [0.25, 0.3) is 17.2 Å². The Hall–Kier alpha value is -3.29. The number of hydrogen-bond acceptors (Lipinski definition) is 3. The lowest BCUT2D eigenvalue weighted by atomic mass is 9.99. The molecule has 0 atom stereocenters. The third kappa shape index (κ3) is 5.38. The molecule has 0 unspecified atom stereocenters. The van der Waals surface area contributed by atoms with E-state index >= 15 is 0 Å². The summed E-state index contributed by atoms with van der Waals surface area (Å²) < 4.78 is 43.3. The fraction of sp³-hybridized carbons (Fsp3) is 0.360. The van der Waals surface area contributed by atoms with Crippen LogP contribution in [0.2, 0.25) is 0 Å². The Morgan fingerprint density at radius 2 is 1.70 bits per heavy atom. The summed E-state index contributed by atoms with van der Waals surface area (Å²) in [4.78, 5) is 25.9. The van der Waals surface area contributed by atoms with E-state index in [1.807, 2.05) is 60.8 Å². The minimum Gasteiger partial charge on any atom is -0.493 e. The molecular formula is C25H25F3N2O3. The van der Waals surface area contributed by atoms with Crippen LogP contribution in [0.15, 0.2) is 48.0 Å². The molecule has 0 radical (unpaired) electrons. The molecule has 8 heteroatoms. The standard InChI is InChI=1S/C25H25F3N2O3/c1-16-2-4-17(5-3-16)18-6-7-22-20(14-18)15-19(10-13-33-22)23(31)30-11-8-21(9-12-30)29-24(32)25(26,27)28/h2-7,14-15,21H,8-13H2,1H3,(H,29,32). The van der Waals surface area contributed by atoms with Gasteiger partial charge in [0, 0.05) is 36.7 Å². The number of ether oxygens (including phenoxy) is 1. The molecule has 0 spiro atoms. The van der Waals surface area contributed by atoms with Gasteiger partial charge in [-0.05, 0) is 49.1 Å².